The molecule has 0 amide bonds. The second-order valence-corrected chi connectivity index (χ2v) is 17.9. The topological polar surface area (TPSA) is 9.72 Å². The molecule has 0 N–H and O–H groups in total. The van der Waals surface area contributed by atoms with Crippen LogP contribution in [-0.4, -0.2) is 0 Å². The molecule has 0 aliphatic carbocycles. The molecule has 0 atom stereocenters. The molecule has 5 heteroatoms. The predicted molar refractivity (Wildman–Crippen MR) is 274 cm³/mol. The molecule has 0 radical (unpaired) electrons. The van der Waals surface area contributed by atoms with Gasteiger partial charge in [-0.25, -0.2) is 0 Å². The third-order valence-corrected chi connectivity index (χ3v) is 14.3. The third-order valence-electron chi connectivity index (χ3n) is 12.0. The number of benzene rings is 10. The Hall–Kier alpha value is -7.70. The molecule has 0 spiro atoms. The number of thiophene rings is 2. The smallest absolute Gasteiger partial charge is 0.0575 e. The van der Waals surface area contributed by atoms with Gasteiger partial charge in [0.2, 0.25) is 0 Å². The first-order valence-electron chi connectivity index (χ1n) is 21.3. The molecule has 2 heterocycles. The van der Waals surface area contributed by atoms with E-state index in [-0.39, 0.29) is 0 Å². The molecule has 3 nitrogen and oxygen atoms in total. The molecule has 0 aliphatic rings. The normalized spacial score (nSPS) is 11.5. The first-order valence-corrected chi connectivity index (χ1v) is 22.9. The van der Waals surface area contributed by atoms with Crippen molar-refractivity contribution in [2.24, 2.45) is 0 Å². The SMILES string of the molecule is c1ccc(N(c2ccc3c(c2)sc2ccccc23)c2cc(N(c3ccccc3)c3ccccc3)c3c(c2)sc2c4ccccc4c(N(c4ccccc4)c4ccccc4)cc23)cc1. The van der Waals surface area contributed by atoms with Crippen molar-refractivity contribution in [3.05, 3.63) is 237 Å². The van der Waals surface area contributed by atoms with Crippen LogP contribution < -0.4 is 14.7 Å². The quantitative estimate of drug-likeness (QED) is 0.143. The lowest BCUT2D eigenvalue weighted by molar-refractivity contribution is 1.27. The molecule has 12 aromatic rings. The van der Waals surface area contributed by atoms with E-state index in [9.17, 15) is 0 Å². The van der Waals surface area contributed by atoms with Crippen LogP contribution in [0, 0.1) is 0 Å². The van der Waals surface area contributed by atoms with Crippen LogP contribution in [0.4, 0.5) is 51.2 Å². The number of para-hydroxylation sites is 5. The fourth-order valence-electron chi connectivity index (χ4n) is 9.20. The van der Waals surface area contributed by atoms with Crippen molar-refractivity contribution in [2.75, 3.05) is 14.7 Å². The zero-order valence-corrected chi connectivity index (χ0v) is 35.8. The van der Waals surface area contributed by atoms with Gasteiger partial charge in [0.25, 0.3) is 0 Å². The monoisotopic (exact) mass is 841 g/mol. The standard InChI is InChI=1S/C58H39N3S2/c1-6-20-40(21-7-1)59(45-34-35-49-48-31-18-19-33-54(48)62-55(49)37-45)46-36-53(61(43-26-12-4-13-27-43)44-28-14-5-15-29-44)57-51-39-52(47-30-16-17-32-50(47)58(51)63-56(57)38-46)60(41-22-8-2-9-23-41)42-24-10-3-11-25-42/h1-39H. The Morgan fingerprint density at radius 3 is 1.25 bits per heavy atom. The molecule has 0 bridgehead atoms. The lowest BCUT2D eigenvalue weighted by Gasteiger charge is -2.30. The Labute approximate surface area is 374 Å². The van der Waals surface area contributed by atoms with Crippen molar-refractivity contribution >= 4 is 125 Å². The maximum absolute atomic E-state index is 2.44. The molecular weight excluding hydrogens is 803 g/mol. The third kappa shape index (κ3) is 6.49. The van der Waals surface area contributed by atoms with E-state index < -0.39 is 0 Å². The van der Waals surface area contributed by atoms with Crippen LogP contribution in [0.3, 0.4) is 0 Å². The zero-order chi connectivity index (χ0) is 41.7. The fourth-order valence-corrected chi connectivity index (χ4v) is 11.6. The van der Waals surface area contributed by atoms with Gasteiger partial charge < -0.3 is 14.7 Å². The molecule has 63 heavy (non-hydrogen) atoms. The van der Waals surface area contributed by atoms with Gasteiger partial charge >= 0.3 is 0 Å². The Balaban J connectivity index is 1.19. The van der Waals surface area contributed by atoms with Gasteiger partial charge in [0.1, 0.15) is 0 Å². The summed E-state index contributed by atoms with van der Waals surface area (Å²) in [6, 6.07) is 85.8. The molecule has 12 rings (SSSR count). The minimum atomic E-state index is 1.09. The fraction of sp³-hybridized carbons (Fsp3) is 0. The van der Waals surface area contributed by atoms with Crippen LogP contribution in [0.1, 0.15) is 0 Å². The minimum Gasteiger partial charge on any atom is -0.310 e. The van der Waals surface area contributed by atoms with Crippen molar-refractivity contribution in [1.29, 1.82) is 0 Å². The van der Waals surface area contributed by atoms with Crippen LogP contribution >= 0.6 is 22.7 Å². The summed E-state index contributed by atoms with van der Waals surface area (Å²) in [7, 11) is 0. The van der Waals surface area contributed by atoms with Gasteiger partial charge in [0.15, 0.2) is 0 Å². The summed E-state index contributed by atoms with van der Waals surface area (Å²) >= 11 is 3.74. The average Bonchev–Trinajstić information content (AvgIpc) is 3.92. The number of nitrogens with zero attached hydrogens (tertiary/aromatic N) is 3. The Bertz CT molecular complexity index is 3490. The maximum Gasteiger partial charge on any atom is 0.0575 e. The van der Waals surface area contributed by atoms with Gasteiger partial charge in [0, 0.05) is 90.9 Å². The van der Waals surface area contributed by atoms with Crippen LogP contribution in [0.2, 0.25) is 0 Å². The Morgan fingerprint density at radius 1 is 0.238 bits per heavy atom. The molecule has 0 aliphatic heterocycles. The van der Waals surface area contributed by atoms with Crippen LogP contribution in [-0.2, 0) is 0 Å². The van der Waals surface area contributed by atoms with E-state index in [1.54, 1.807) is 0 Å². The van der Waals surface area contributed by atoms with Crippen LogP contribution in [0.15, 0.2) is 237 Å². The second kappa shape index (κ2) is 15.6. The Morgan fingerprint density at radius 2 is 0.683 bits per heavy atom. The van der Waals surface area contributed by atoms with E-state index in [0.29, 0.717) is 0 Å². The molecule has 0 fully saturated rings. The van der Waals surface area contributed by atoms with E-state index in [1.807, 2.05) is 22.7 Å². The number of fused-ring (bicyclic) bond motifs is 8. The van der Waals surface area contributed by atoms with Gasteiger partial charge in [-0.05, 0) is 97.1 Å². The highest BCUT2D eigenvalue weighted by Crippen LogP contribution is 2.53. The first kappa shape index (κ1) is 37.1. The maximum atomic E-state index is 2.44. The molecule has 0 unspecified atom stereocenters. The molecule has 298 valence electrons. The highest BCUT2D eigenvalue weighted by Gasteiger charge is 2.26. The van der Waals surface area contributed by atoms with E-state index in [0.717, 1.165) is 51.2 Å². The average molecular weight is 842 g/mol. The van der Waals surface area contributed by atoms with Crippen molar-refractivity contribution in [3.63, 3.8) is 0 Å². The molecular formula is C58H39N3S2. The predicted octanol–water partition coefficient (Wildman–Crippen LogP) is 18.0. The van der Waals surface area contributed by atoms with Crippen LogP contribution in [0.5, 0.6) is 0 Å². The molecule has 2 aromatic heterocycles. The summed E-state index contributed by atoms with van der Waals surface area (Å²) in [6.07, 6.45) is 0. The van der Waals surface area contributed by atoms with Gasteiger partial charge in [0.05, 0.1) is 11.4 Å². The number of rotatable bonds is 9. The highest BCUT2D eigenvalue weighted by molar-refractivity contribution is 7.27. The van der Waals surface area contributed by atoms with E-state index in [2.05, 4.69) is 251 Å². The summed E-state index contributed by atoms with van der Waals surface area (Å²) in [5.74, 6) is 0. The number of hydrogen-bond acceptors (Lipinski definition) is 5. The van der Waals surface area contributed by atoms with E-state index in [1.165, 1.54) is 51.1 Å². The molecule has 0 saturated heterocycles. The highest BCUT2D eigenvalue weighted by atomic mass is 32.1. The lowest BCUT2D eigenvalue weighted by Crippen LogP contribution is -2.13. The van der Waals surface area contributed by atoms with E-state index >= 15 is 0 Å². The van der Waals surface area contributed by atoms with Crippen molar-refractivity contribution in [1.82, 2.24) is 0 Å². The molecule has 0 saturated carbocycles. The molecule has 10 aromatic carbocycles. The van der Waals surface area contributed by atoms with E-state index in [4.69, 9.17) is 0 Å². The number of anilines is 9. The Kier molecular flexibility index (Phi) is 9.21. The van der Waals surface area contributed by atoms with Crippen molar-refractivity contribution < 1.29 is 0 Å². The second-order valence-electron chi connectivity index (χ2n) is 15.7. The van der Waals surface area contributed by atoms with Gasteiger partial charge in [-0.15, -0.1) is 22.7 Å². The largest absolute Gasteiger partial charge is 0.310 e. The first-order chi connectivity index (χ1) is 31.3. The van der Waals surface area contributed by atoms with Crippen molar-refractivity contribution in [2.45, 2.75) is 0 Å². The van der Waals surface area contributed by atoms with Gasteiger partial charge in [-0.3, -0.25) is 0 Å². The summed E-state index contributed by atoms with van der Waals surface area (Å²) < 4.78 is 5.05. The minimum absolute atomic E-state index is 1.09. The summed E-state index contributed by atoms with van der Waals surface area (Å²) in [5.41, 5.74) is 9.97. The van der Waals surface area contributed by atoms with Crippen molar-refractivity contribution in [3.8, 4) is 0 Å². The van der Waals surface area contributed by atoms with Crippen LogP contribution in [0.25, 0.3) is 51.1 Å². The van der Waals surface area contributed by atoms with Gasteiger partial charge in [-0.2, -0.15) is 0 Å². The number of hydrogen-bond donors (Lipinski definition) is 0. The van der Waals surface area contributed by atoms with Gasteiger partial charge in [-0.1, -0.05) is 140 Å². The summed E-state index contributed by atoms with van der Waals surface area (Å²) in [4.78, 5) is 7.28. The summed E-state index contributed by atoms with van der Waals surface area (Å²) in [5, 5.41) is 7.46. The zero-order valence-electron chi connectivity index (χ0n) is 34.2. The lowest BCUT2D eigenvalue weighted by atomic mass is 10.0. The summed E-state index contributed by atoms with van der Waals surface area (Å²) in [6.45, 7) is 0.